The van der Waals surface area contributed by atoms with Gasteiger partial charge in [-0.1, -0.05) is 134 Å². The molecule has 1 rings (SSSR count). The first-order valence-corrected chi connectivity index (χ1v) is 12.8. The molecule has 0 aliphatic rings. The molecular weight excluding hydrogens is 354 g/mol. The quantitative estimate of drug-likeness (QED) is 0.164. The third kappa shape index (κ3) is 17.7. The SMILES string of the molecule is CCCCCCCCCCCCCCCCCCN(O)CCCc1ccccc1. The molecule has 0 heterocycles. The molecule has 0 saturated carbocycles. The van der Waals surface area contributed by atoms with Gasteiger partial charge in [0.15, 0.2) is 0 Å². The molecule has 0 bridgehead atoms. The van der Waals surface area contributed by atoms with Crippen LogP contribution < -0.4 is 0 Å². The first-order valence-electron chi connectivity index (χ1n) is 12.8. The highest BCUT2D eigenvalue weighted by atomic mass is 16.5. The summed E-state index contributed by atoms with van der Waals surface area (Å²) < 4.78 is 0. The molecule has 1 aromatic carbocycles. The second-order valence-corrected chi connectivity index (χ2v) is 8.85. The third-order valence-electron chi connectivity index (χ3n) is 5.99. The second-order valence-electron chi connectivity index (χ2n) is 8.85. The number of unbranched alkanes of at least 4 members (excludes halogenated alkanes) is 15. The normalized spacial score (nSPS) is 11.4. The molecule has 0 aliphatic heterocycles. The Morgan fingerprint density at radius 3 is 1.45 bits per heavy atom. The zero-order valence-electron chi connectivity index (χ0n) is 19.4. The van der Waals surface area contributed by atoms with Crippen LogP contribution in [0, 0.1) is 0 Å². The first kappa shape index (κ1) is 26.2. The fourth-order valence-corrected chi connectivity index (χ4v) is 4.06. The van der Waals surface area contributed by atoms with Gasteiger partial charge in [-0.15, -0.1) is 0 Å². The maximum absolute atomic E-state index is 9.98. The number of hydrogen-bond acceptors (Lipinski definition) is 2. The monoisotopic (exact) mass is 403 g/mol. The Hall–Kier alpha value is -0.860. The van der Waals surface area contributed by atoms with Gasteiger partial charge in [-0.25, -0.2) is 0 Å². The molecule has 2 nitrogen and oxygen atoms in total. The topological polar surface area (TPSA) is 23.5 Å². The van der Waals surface area contributed by atoms with Crippen molar-refractivity contribution < 1.29 is 5.21 Å². The summed E-state index contributed by atoms with van der Waals surface area (Å²) >= 11 is 0. The van der Waals surface area contributed by atoms with Gasteiger partial charge in [0.25, 0.3) is 0 Å². The van der Waals surface area contributed by atoms with Gasteiger partial charge in [0.2, 0.25) is 0 Å². The van der Waals surface area contributed by atoms with Crippen LogP contribution >= 0.6 is 0 Å². The van der Waals surface area contributed by atoms with E-state index in [0.29, 0.717) is 0 Å². The highest BCUT2D eigenvalue weighted by molar-refractivity contribution is 5.14. The van der Waals surface area contributed by atoms with Crippen molar-refractivity contribution in [3.63, 3.8) is 0 Å². The number of hydrogen-bond donors (Lipinski definition) is 1. The Morgan fingerprint density at radius 1 is 0.552 bits per heavy atom. The molecule has 0 aliphatic carbocycles. The largest absolute Gasteiger partial charge is 0.314 e. The molecule has 29 heavy (non-hydrogen) atoms. The summed E-state index contributed by atoms with van der Waals surface area (Å²) in [5.41, 5.74) is 1.36. The molecule has 0 spiro atoms. The smallest absolute Gasteiger partial charge is 0.0241 e. The fourth-order valence-electron chi connectivity index (χ4n) is 4.06. The predicted octanol–water partition coefficient (Wildman–Crippen LogP) is 8.57. The van der Waals surface area contributed by atoms with E-state index in [2.05, 4.69) is 37.3 Å². The maximum Gasteiger partial charge on any atom is 0.0241 e. The van der Waals surface area contributed by atoms with Crippen LogP contribution in [-0.4, -0.2) is 23.4 Å². The van der Waals surface area contributed by atoms with Crippen molar-refractivity contribution in [2.75, 3.05) is 13.1 Å². The Kier molecular flexibility index (Phi) is 18.4. The van der Waals surface area contributed by atoms with Crippen molar-refractivity contribution in [3.05, 3.63) is 35.9 Å². The highest BCUT2D eigenvalue weighted by Crippen LogP contribution is 2.13. The van der Waals surface area contributed by atoms with Crippen molar-refractivity contribution >= 4 is 0 Å². The van der Waals surface area contributed by atoms with Crippen LogP contribution in [0.5, 0.6) is 0 Å². The van der Waals surface area contributed by atoms with Crippen molar-refractivity contribution in [2.45, 2.75) is 122 Å². The van der Waals surface area contributed by atoms with Crippen LogP contribution in [0.15, 0.2) is 30.3 Å². The molecule has 0 amide bonds. The van der Waals surface area contributed by atoms with E-state index < -0.39 is 0 Å². The van der Waals surface area contributed by atoms with E-state index in [9.17, 15) is 5.21 Å². The van der Waals surface area contributed by atoms with Gasteiger partial charge in [-0.2, -0.15) is 5.06 Å². The van der Waals surface area contributed by atoms with Gasteiger partial charge in [0, 0.05) is 13.1 Å². The van der Waals surface area contributed by atoms with E-state index in [1.807, 2.05) is 0 Å². The van der Waals surface area contributed by atoms with E-state index in [0.717, 1.165) is 32.4 Å². The van der Waals surface area contributed by atoms with E-state index in [4.69, 9.17) is 0 Å². The molecule has 0 unspecified atom stereocenters. The summed E-state index contributed by atoms with van der Waals surface area (Å²) in [4.78, 5) is 0. The number of aryl methyl sites for hydroxylation is 1. The third-order valence-corrected chi connectivity index (χ3v) is 5.99. The summed E-state index contributed by atoms with van der Waals surface area (Å²) in [7, 11) is 0. The molecule has 0 atom stereocenters. The minimum atomic E-state index is 0.785. The fraction of sp³-hybridized carbons (Fsp3) is 0.778. The average Bonchev–Trinajstić information content (AvgIpc) is 2.74. The second kappa shape index (κ2) is 20.4. The molecule has 1 N–H and O–H groups in total. The summed E-state index contributed by atoms with van der Waals surface area (Å²) in [6.07, 6.45) is 24.4. The van der Waals surface area contributed by atoms with Crippen LogP contribution in [0.1, 0.15) is 122 Å². The van der Waals surface area contributed by atoms with Crippen LogP contribution in [-0.2, 0) is 6.42 Å². The molecule has 0 radical (unpaired) electrons. The summed E-state index contributed by atoms with van der Waals surface area (Å²) in [5, 5.41) is 11.5. The first-order chi connectivity index (χ1) is 14.3. The maximum atomic E-state index is 9.98. The van der Waals surface area contributed by atoms with E-state index in [1.165, 1.54) is 107 Å². The van der Waals surface area contributed by atoms with Crippen LogP contribution in [0.3, 0.4) is 0 Å². The summed E-state index contributed by atoms with van der Waals surface area (Å²) in [5.74, 6) is 0. The van der Waals surface area contributed by atoms with E-state index >= 15 is 0 Å². The molecule has 1 aromatic rings. The lowest BCUT2D eigenvalue weighted by Gasteiger charge is -2.14. The lowest BCUT2D eigenvalue weighted by Crippen LogP contribution is -2.22. The number of hydroxylamine groups is 2. The molecular formula is C27H49NO. The molecule has 0 aromatic heterocycles. The van der Waals surface area contributed by atoms with Gasteiger partial charge in [-0.05, 0) is 24.8 Å². The number of nitrogens with zero attached hydrogens (tertiary/aromatic N) is 1. The predicted molar refractivity (Wildman–Crippen MR) is 128 cm³/mol. The highest BCUT2D eigenvalue weighted by Gasteiger charge is 2.01. The Balaban J connectivity index is 1.74. The van der Waals surface area contributed by atoms with Crippen molar-refractivity contribution in [2.24, 2.45) is 0 Å². The lowest BCUT2D eigenvalue weighted by molar-refractivity contribution is -0.0920. The van der Waals surface area contributed by atoms with Crippen molar-refractivity contribution in [1.29, 1.82) is 0 Å². The molecule has 168 valence electrons. The Bertz CT molecular complexity index is 433. The van der Waals surface area contributed by atoms with Gasteiger partial charge >= 0.3 is 0 Å². The van der Waals surface area contributed by atoms with Crippen LogP contribution in [0.2, 0.25) is 0 Å². The zero-order chi connectivity index (χ0) is 20.8. The average molecular weight is 404 g/mol. The van der Waals surface area contributed by atoms with E-state index in [1.54, 1.807) is 0 Å². The number of benzene rings is 1. The number of rotatable bonds is 21. The lowest BCUT2D eigenvalue weighted by atomic mass is 10.0. The van der Waals surface area contributed by atoms with Crippen molar-refractivity contribution in [1.82, 2.24) is 5.06 Å². The standard InChI is InChI=1S/C27H49NO/c1-2-3-4-5-6-7-8-9-10-11-12-13-14-15-16-20-25-28(29)26-21-24-27-22-18-17-19-23-27/h17-19,22-23,29H,2-16,20-21,24-26H2,1H3. The van der Waals surface area contributed by atoms with Gasteiger partial charge in [-0.3, -0.25) is 0 Å². The Labute approximate surface area is 182 Å². The minimum absolute atomic E-state index is 0.785. The summed E-state index contributed by atoms with van der Waals surface area (Å²) in [6.45, 7) is 3.90. The van der Waals surface area contributed by atoms with Gasteiger partial charge < -0.3 is 5.21 Å². The zero-order valence-corrected chi connectivity index (χ0v) is 19.4. The molecule has 0 fully saturated rings. The van der Waals surface area contributed by atoms with Crippen LogP contribution in [0.4, 0.5) is 0 Å². The molecule has 2 heteroatoms. The van der Waals surface area contributed by atoms with Gasteiger partial charge in [0.05, 0.1) is 0 Å². The van der Waals surface area contributed by atoms with E-state index in [-0.39, 0.29) is 0 Å². The van der Waals surface area contributed by atoms with Gasteiger partial charge in [0.1, 0.15) is 0 Å². The Morgan fingerprint density at radius 2 is 0.966 bits per heavy atom. The molecule has 0 saturated heterocycles. The van der Waals surface area contributed by atoms with Crippen LogP contribution in [0.25, 0.3) is 0 Å². The summed E-state index contributed by atoms with van der Waals surface area (Å²) in [6, 6.07) is 10.6. The van der Waals surface area contributed by atoms with Crippen molar-refractivity contribution in [3.8, 4) is 0 Å². The minimum Gasteiger partial charge on any atom is -0.314 e.